The maximum Gasteiger partial charge on any atom is 0.275 e. The van der Waals surface area contributed by atoms with Gasteiger partial charge in [-0.1, -0.05) is 61.7 Å². The number of quaternary nitrogens is 1. The van der Waals surface area contributed by atoms with Crippen molar-refractivity contribution in [1.82, 2.24) is 5.32 Å². The van der Waals surface area contributed by atoms with Crippen LogP contribution in [0.3, 0.4) is 0 Å². The van der Waals surface area contributed by atoms with E-state index < -0.39 is 0 Å². The van der Waals surface area contributed by atoms with Crippen LogP contribution in [0.5, 0.6) is 5.75 Å². The molecule has 1 amide bonds. The van der Waals surface area contributed by atoms with E-state index in [1.54, 1.807) is 12.1 Å². The Bertz CT molecular complexity index is 722. The Morgan fingerprint density at radius 3 is 2.33 bits per heavy atom. The number of aromatic hydroxyl groups is 1. The zero-order valence-electron chi connectivity index (χ0n) is 16.2. The number of hydrogen-bond acceptors (Lipinski definition) is 2. The quantitative estimate of drug-likeness (QED) is 0.704. The molecule has 1 saturated carbocycles. The van der Waals surface area contributed by atoms with Gasteiger partial charge < -0.3 is 15.3 Å². The van der Waals surface area contributed by atoms with E-state index in [0.29, 0.717) is 6.54 Å². The first-order chi connectivity index (χ1) is 13.0. The maximum atomic E-state index is 12.8. The number of nitrogens with one attached hydrogen (secondary N) is 2. The average Bonchev–Trinajstić information content (AvgIpc) is 2.65. The highest BCUT2D eigenvalue weighted by molar-refractivity contribution is 5.77. The standard InChI is InChI=1S/C23H30N2O2/c1-25(17-20-8-4-2-5-9-20)18-22(27)24-23(14-6-3-7-15-23)16-19-10-12-21(26)13-11-19/h2,4-5,8-13,26H,3,6-7,14-18H2,1H3,(H,24,27)/p+1. The van der Waals surface area contributed by atoms with Crippen molar-refractivity contribution in [3.05, 3.63) is 65.7 Å². The largest absolute Gasteiger partial charge is 0.508 e. The highest BCUT2D eigenvalue weighted by Gasteiger charge is 2.34. The molecule has 27 heavy (non-hydrogen) atoms. The van der Waals surface area contributed by atoms with Gasteiger partial charge in [0, 0.05) is 11.1 Å². The molecule has 1 unspecified atom stereocenters. The SMILES string of the molecule is C[NH+](CC(=O)NC1(Cc2ccc(O)cc2)CCCCC1)Cc1ccccc1. The van der Waals surface area contributed by atoms with E-state index in [4.69, 9.17) is 0 Å². The number of rotatable bonds is 7. The van der Waals surface area contributed by atoms with Crippen molar-refractivity contribution in [1.29, 1.82) is 0 Å². The van der Waals surface area contributed by atoms with Crippen molar-refractivity contribution >= 4 is 5.91 Å². The van der Waals surface area contributed by atoms with Gasteiger partial charge in [0.1, 0.15) is 12.3 Å². The molecule has 0 bridgehead atoms. The van der Waals surface area contributed by atoms with Crippen LogP contribution in [0.2, 0.25) is 0 Å². The minimum atomic E-state index is -0.153. The summed E-state index contributed by atoms with van der Waals surface area (Å²) in [5, 5.41) is 12.9. The van der Waals surface area contributed by atoms with Gasteiger partial charge in [-0.2, -0.15) is 0 Å². The number of likely N-dealkylation sites (N-methyl/N-ethyl adjacent to an activating group) is 1. The Labute approximate surface area is 162 Å². The second kappa shape index (κ2) is 9.05. The van der Waals surface area contributed by atoms with E-state index in [-0.39, 0.29) is 17.2 Å². The highest BCUT2D eigenvalue weighted by atomic mass is 16.3. The third-order valence-corrected chi connectivity index (χ3v) is 5.51. The number of carbonyl (C=O) groups excluding carboxylic acids is 1. The summed E-state index contributed by atoms with van der Waals surface area (Å²) >= 11 is 0. The molecular formula is C23H31N2O2+. The summed E-state index contributed by atoms with van der Waals surface area (Å²) in [4.78, 5) is 14.0. The Kier molecular flexibility index (Phi) is 6.51. The second-order valence-electron chi connectivity index (χ2n) is 8.03. The molecule has 1 fully saturated rings. The van der Waals surface area contributed by atoms with Gasteiger partial charge in [-0.25, -0.2) is 0 Å². The van der Waals surface area contributed by atoms with Gasteiger partial charge in [0.25, 0.3) is 5.91 Å². The van der Waals surface area contributed by atoms with Crippen molar-refractivity contribution in [2.45, 2.75) is 50.6 Å². The van der Waals surface area contributed by atoms with E-state index in [1.807, 2.05) is 30.3 Å². The van der Waals surface area contributed by atoms with Crippen LogP contribution < -0.4 is 10.2 Å². The van der Waals surface area contributed by atoms with Crippen molar-refractivity contribution in [2.75, 3.05) is 13.6 Å². The lowest BCUT2D eigenvalue weighted by atomic mass is 9.77. The molecule has 0 radical (unpaired) electrons. The third-order valence-electron chi connectivity index (χ3n) is 5.51. The summed E-state index contributed by atoms with van der Waals surface area (Å²) in [5.41, 5.74) is 2.26. The first-order valence-electron chi connectivity index (χ1n) is 9.99. The third kappa shape index (κ3) is 5.83. The van der Waals surface area contributed by atoms with Gasteiger partial charge in [-0.15, -0.1) is 0 Å². The van der Waals surface area contributed by atoms with Crippen LogP contribution in [0.15, 0.2) is 54.6 Å². The second-order valence-corrected chi connectivity index (χ2v) is 8.03. The Morgan fingerprint density at radius 2 is 1.67 bits per heavy atom. The van der Waals surface area contributed by atoms with E-state index >= 15 is 0 Å². The summed E-state index contributed by atoms with van der Waals surface area (Å²) in [7, 11) is 2.07. The van der Waals surface area contributed by atoms with Crippen LogP contribution in [0, 0.1) is 0 Å². The molecule has 1 atom stereocenters. The predicted molar refractivity (Wildman–Crippen MR) is 108 cm³/mol. The van der Waals surface area contributed by atoms with Crippen molar-refractivity contribution < 1.29 is 14.8 Å². The molecule has 0 saturated heterocycles. The van der Waals surface area contributed by atoms with Gasteiger partial charge >= 0.3 is 0 Å². The minimum Gasteiger partial charge on any atom is -0.508 e. The highest BCUT2D eigenvalue weighted by Crippen LogP contribution is 2.31. The predicted octanol–water partition coefficient (Wildman–Crippen LogP) is 2.47. The summed E-state index contributed by atoms with van der Waals surface area (Å²) in [6.45, 7) is 1.32. The topological polar surface area (TPSA) is 53.8 Å². The number of phenolic OH excluding ortho intramolecular Hbond substituents is 1. The zero-order chi connectivity index (χ0) is 19.1. The van der Waals surface area contributed by atoms with Crippen molar-refractivity contribution in [3.8, 4) is 5.75 Å². The lowest BCUT2D eigenvalue weighted by Crippen LogP contribution is -3.09. The van der Waals surface area contributed by atoms with Crippen LogP contribution >= 0.6 is 0 Å². The summed E-state index contributed by atoms with van der Waals surface area (Å²) in [5.74, 6) is 0.413. The van der Waals surface area contributed by atoms with Crippen LogP contribution in [0.25, 0.3) is 0 Å². The molecule has 1 aliphatic rings. The molecule has 0 heterocycles. The Morgan fingerprint density at radius 1 is 1.00 bits per heavy atom. The molecule has 3 rings (SSSR count). The van der Waals surface area contributed by atoms with Gasteiger partial charge in [0.15, 0.2) is 6.54 Å². The summed E-state index contributed by atoms with van der Waals surface area (Å²) < 4.78 is 0. The first kappa shape index (κ1) is 19.4. The lowest BCUT2D eigenvalue weighted by molar-refractivity contribution is -0.885. The summed E-state index contributed by atoms with van der Waals surface area (Å²) in [6, 6.07) is 17.7. The fourth-order valence-corrected chi connectivity index (χ4v) is 4.20. The van der Waals surface area contributed by atoms with E-state index in [1.165, 1.54) is 22.4 Å². The number of amides is 1. The molecule has 1 aliphatic carbocycles. The number of carbonyl (C=O) groups is 1. The van der Waals surface area contributed by atoms with E-state index in [0.717, 1.165) is 38.6 Å². The van der Waals surface area contributed by atoms with E-state index in [9.17, 15) is 9.90 Å². The number of phenols is 1. The smallest absolute Gasteiger partial charge is 0.275 e. The minimum absolute atomic E-state index is 0.129. The zero-order valence-corrected chi connectivity index (χ0v) is 16.2. The van der Waals surface area contributed by atoms with Crippen molar-refractivity contribution in [2.24, 2.45) is 0 Å². The van der Waals surface area contributed by atoms with Crippen LogP contribution in [0.4, 0.5) is 0 Å². The summed E-state index contributed by atoms with van der Waals surface area (Å²) in [6.07, 6.45) is 6.44. The molecule has 3 N–H and O–H groups in total. The molecule has 0 aromatic heterocycles. The molecule has 144 valence electrons. The molecule has 2 aromatic carbocycles. The van der Waals surface area contributed by atoms with Crippen LogP contribution in [-0.2, 0) is 17.8 Å². The Hall–Kier alpha value is -2.33. The monoisotopic (exact) mass is 367 g/mol. The fourth-order valence-electron chi connectivity index (χ4n) is 4.20. The fraction of sp³-hybridized carbons (Fsp3) is 0.435. The first-order valence-corrected chi connectivity index (χ1v) is 9.99. The van der Waals surface area contributed by atoms with Crippen molar-refractivity contribution in [3.63, 3.8) is 0 Å². The molecule has 0 spiro atoms. The molecular weight excluding hydrogens is 336 g/mol. The molecule has 2 aromatic rings. The van der Waals surface area contributed by atoms with Crippen LogP contribution in [-0.4, -0.2) is 30.1 Å². The van der Waals surface area contributed by atoms with E-state index in [2.05, 4.69) is 24.5 Å². The average molecular weight is 368 g/mol. The number of benzene rings is 2. The Balaban J connectivity index is 1.61. The molecule has 4 heteroatoms. The van der Waals surface area contributed by atoms with Gasteiger partial charge in [-0.05, 0) is 37.0 Å². The normalized spacial score (nSPS) is 17.2. The van der Waals surface area contributed by atoms with Gasteiger partial charge in [0.05, 0.1) is 7.05 Å². The molecule has 4 nitrogen and oxygen atoms in total. The maximum absolute atomic E-state index is 12.8. The molecule has 0 aliphatic heterocycles. The van der Waals surface area contributed by atoms with Crippen LogP contribution in [0.1, 0.15) is 43.2 Å². The lowest BCUT2D eigenvalue weighted by Gasteiger charge is -2.38. The van der Waals surface area contributed by atoms with Gasteiger partial charge in [0.2, 0.25) is 0 Å². The number of hydrogen-bond donors (Lipinski definition) is 3. The van der Waals surface area contributed by atoms with Gasteiger partial charge in [-0.3, -0.25) is 4.79 Å².